The fourth-order valence-corrected chi connectivity index (χ4v) is 1.89. The predicted molar refractivity (Wildman–Crippen MR) is 57.9 cm³/mol. The zero-order valence-corrected chi connectivity index (χ0v) is 9.46. The molecule has 0 bridgehead atoms. The lowest BCUT2D eigenvalue weighted by Gasteiger charge is -2.09. The number of carbonyl (C=O) groups excluding carboxylic acids is 1. The number of sulfone groups is 1. The minimum Gasteiger partial charge on any atom is -0.355 e. The molecule has 0 radical (unpaired) electrons. The summed E-state index contributed by atoms with van der Waals surface area (Å²) in [7, 11) is -3.01. The molecule has 0 spiro atoms. The van der Waals surface area contributed by atoms with Crippen molar-refractivity contribution in [3.05, 3.63) is 12.2 Å². The van der Waals surface area contributed by atoms with E-state index in [0.29, 0.717) is 6.42 Å². The maximum atomic E-state index is 11.5. The second-order valence-electron chi connectivity index (χ2n) is 3.81. The SMILES string of the molecule is CS(=O)(=O)CCNC(=O)C1C=CC(N)C1. The van der Waals surface area contributed by atoms with Crippen LogP contribution in [-0.2, 0) is 14.6 Å². The molecular formula is C9H16N2O3S. The van der Waals surface area contributed by atoms with Crippen LogP contribution in [0.3, 0.4) is 0 Å². The standard InChI is InChI=1S/C9H16N2O3S/c1-15(13,14)5-4-11-9(12)7-2-3-8(10)6-7/h2-3,7-8H,4-6,10H2,1H3,(H,11,12). The summed E-state index contributed by atoms with van der Waals surface area (Å²) in [6, 6.07) is -0.0596. The second-order valence-corrected chi connectivity index (χ2v) is 6.07. The smallest absolute Gasteiger partial charge is 0.227 e. The maximum absolute atomic E-state index is 11.5. The highest BCUT2D eigenvalue weighted by Crippen LogP contribution is 2.15. The summed E-state index contributed by atoms with van der Waals surface area (Å²) in [5.41, 5.74) is 5.60. The molecule has 0 aromatic heterocycles. The highest BCUT2D eigenvalue weighted by atomic mass is 32.2. The summed E-state index contributed by atoms with van der Waals surface area (Å²) in [5, 5.41) is 2.58. The quantitative estimate of drug-likeness (QED) is 0.612. The Balaban J connectivity index is 2.29. The van der Waals surface area contributed by atoms with Crippen molar-refractivity contribution < 1.29 is 13.2 Å². The number of nitrogens with one attached hydrogen (secondary N) is 1. The molecule has 1 amide bonds. The van der Waals surface area contributed by atoms with Gasteiger partial charge in [-0.1, -0.05) is 12.2 Å². The van der Waals surface area contributed by atoms with Crippen LogP contribution in [0.5, 0.6) is 0 Å². The summed E-state index contributed by atoms with van der Waals surface area (Å²) in [6.07, 6.45) is 5.30. The van der Waals surface area contributed by atoms with Crippen LogP contribution in [0.1, 0.15) is 6.42 Å². The Morgan fingerprint density at radius 2 is 2.20 bits per heavy atom. The van der Waals surface area contributed by atoms with E-state index in [1.165, 1.54) is 0 Å². The number of rotatable bonds is 4. The predicted octanol–water partition coefficient (Wildman–Crippen LogP) is -0.949. The van der Waals surface area contributed by atoms with E-state index in [1.54, 1.807) is 12.2 Å². The van der Waals surface area contributed by atoms with Gasteiger partial charge in [0.15, 0.2) is 0 Å². The van der Waals surface area contributed by atoms with E-state index in [4.69, 9.17) is 5.73 Å². The molecule has 1 aliphatic carbocycles. The van der Waals surface area contributed by atoms with Crippen LogP contribution >= 0.6 is 0 Å². The summed E-state index contributed by atoms with van der Waals surface area (Å²) >= 11 is 0. The lowest BCUT2D eigenvalue weighted by molar-refractivity contribution is -0.123. The molecular weight excluding hydrogens is 216 g/mol. The van der Waals surface area contributed by atoms with Gasteiger partial charge in [0.25, 0.3) is 0 Å². The summed E-state index contributed by atoms with van der Waals surface area (Å²) in [6.45, 7) is 0.164. The number of hydrogen-bond donors (Lipinski definition) is 2. The summed E-state index contributed by atoms with van der Waals surface area (Å²) < 4.78 is 21.6. The van der Waals surface area contributed by atoms with Gasteiger partial charge in [0, 0.05) is 18.8 Å². The molecule has 86 valence electrons. The van der Waals surface area contributed by atoms with Crippen LogP contribution in [-0.4, -0.2) is 38.9 Å². The van der Waals surface area contributed by atoms with E-state index >= 15 is 0 Å². The van der Waals surface area contributed by atoms with Gasteiger partial charge in [0.2, 0.25) is 5.91 Å². The summed E-state index contributed by atoms with van der Waals surface area (Å²) in [5.74, 6) is -0.385. The van der Waals surface area contributed by atoms with Crippen molar-refractivity contribution in [3.8, 4) is 0 Å². The average molecular weight is 232 g/mol. The van der Waals surface area contributed by atoms with Gasteiger partial charge in [-0.15, -0.1) is 0 Å². The molecule has 0 saturated carbocycles. The molecule has 0 fully saturated rings. The topological polar surface area (TPSA) is 89.3 Å². The molecule has 6 heteroatoms. The average Bonchev–Trinajstić information content (AvgIpc) is 2.49. The van der Waals surface area contributed by atoms with Crippen molar-refractivity contribution in [1.29, 1.82) is 0 Å². The Kier molecular flexibility index (Phi) is 3.87. The van der Waals surface area contributed by atoms with Gasteiger partial charge in [-0.25, -0.2) is 8.42 Å². The Labute approximate surface area is 89.6 Å². The maximum Gasteiger partial charge on any atom is 0.227 e. The zero-order valence-electron chi connectivity index (χ0n) is 8.64. The van der Waals surface area contributed by atoms with Crippen LogP contribution in [0.15, 0.2) is 12.2 Å². The minimum atomic E-state index is -3.01. The molecule has 2 atom stereocenters. The third kappa shape index (κ3) is 4.44. The second kappa shape index (κ2) is 4.76. The van der Waals surface area contributed by atoms with Gasteiger partial charge in [-0.2, -0.15) is 0 Å². The molecule has 1 rings (SSSR count). The first-order valence-electron chi connectivity index (χ1n) is 4.78. The molecule has 2 unspecified atom stereocenters. The highest BCUT2D eigenvalue weighted by Gasteiger charge is 2.22. The van der Waals surface area contributed by atoms with E-state index in [9.17, 15) is 13.2 Å². The Hall–Kier alpha value is -0.880. The summed E-state index contributed by atoms with van der Waals surface area (Å²) in [4.78, 5) is 11.5. The lowest BCUT2D eigenvalue weighted by atomic mass is 10.1. The van der Waals surface area contributed by atoms with Gasteiger partial charge in [-0.3, -0.25) is 4.79 Å². The van der Waals surface area contributed by atoms with E-state index in [0.717, 1.165) is 6.26 Å². The van der Waals surface area contributed by atoms with Gasteiger partial charge < -0.3 is 11.1 Å². The zero-order chi connectivity index (χ0) is 11.5. The van der Waals surface area contributed by atoms with E-state index < -0.39 is 9.84 Å². The third-order valence-corrected chi connectivity index (χ3v) is 3.17. The third-order valence-electron chi connectivity index (χ3n) is 2.23. The monoisotopic (exact) mass is 232 g/mol. The minimum absolute atomic E-state index is 0.0266. The Morgan fingerprint density at radius 1 is 1.53 bits per heavy atom. The van der Waals surface area contributed by atoms with Crippen molar-refractivity contribution in [2.45, 2.75) is 12.5 Å². The van der Waals surface area contributed by atoms with E-state index in [1.807, 2.05) is 0 Å². The van der Waals surface area contributed by atoms with Crippen molar-refractivity contribution in [1.82, 2.24) is 5.32 Å². The van der Waals surface area contributed by atoms with Crippen LogP contribution in [0.25, 0.3) is 0 Å². The first-order chi connectivity index (χ1) is 6.88. The molecule has 1 aliphatic rings. The van der Waals surface area contributed by atoms with Crippen LogP contribution in [0.4, 0.5) is 0 Å². The molecule has 0 heterocycles. The first-order valence-corrected chi connectivity index (χ1v) is 6.84. The van der Waals surface area contributed by atoms with Gasteiger partial charge in [0.05, 0.1) is 11.7 Å². The Morgan fingerprint density at radius 3 is 2.67 bits per heavy atom. The fraction of sp³-hybridized carbons (Fsp3) is 0.667. The highest BCUT2D eigenvalue weighted by molar-refractivity contribution is 7.90. The van der Waals surface area contributed by atoms with Gasteiger partial charge >= 0.3 is 0 Å². The number of nitrogens with two attached hydrogens (primary N) is 1. The molecule has 5 nitrogen and oxygen atoms in total. The van der Waals surface area contributed by atoms with Crippen molar-refractivity contribution >= 4 is 15.7 Å². The molecule has 0 aromatic carbocycles. The normalized spacial score (nSPS) is 25.5. The Bertz CT molecular complexity index is 362. The van der Waals surface area contributed by atoms with Crippen LogP contribution < -0.4 is 11.1 Å². The molecule has 15 heavy (non-hydrogen) atoms. The fourth-order valence-electron chi connectivity index (χ4n) is 1.41. The largest absolute Gasteiger partial charge is 0.355 e. The molecule has 0 aliphatic heterocycles. The van der Waals surface area contributed by atoms with Gasteiger partial charge in [0.1, 0.15) is 9.84 Å². The molecule has 0 aromatic rings. The van der Waals surface area contributed by atoms with Crippen molar-refractivity contribution in [3.63, 3.8) is 0 Å². The van der Waals surface area contributed by atoms with Gasteiger partial charge in [-0.05, 0) is 6.42 Å². The lowest BCUT2D eigenvalue weighted by Crippen LogP contribution is -2.33. The van der Waals surface area contributed by atoms with E-state index in [2.05, 4.69) is 5.32 Å². The van der Waals surface area contributed by atoms with E-state index in [-0.39, 0.29) is 30.2 Å². The van der Waals surface area contributed by atoms with Crippen molar-refractivity contribution in [2.24, 2.45) is 11.7 Å². The molecule has 0 saturated heterocycles. The molecule has 3 N–H and O–H groups in total. The van der Waals surface area contributed by atoms with Crippen LogP contribution in [0, 0.1) is 5.92 Å². The number of carbonyl (C=O) groups is 1. The number of hydrogen-bond acceptors (Lipinski definition) is 4. The first kappa shape index (κ1) is 12.2. The van der Waals surface area contributed by atoms with Crippen LogP contribution in [0.2, 0.25) is 0 Å². The van der Waals surface area contributed by atoms with Crippen molar-refractivity contribution in [2.75, 3.05) is 18.6 Å². The number of amides is 1.